The normalized spacial score (nSPS) is 10.3. The van der Waals surface area contributed by atoms with Gasteiger partial charge in [-0.25, -0.2) is 0 Å². The van der Waals surface area contributed by atoms with Crippen molar-refractivity contribution in [1.29, 1.82) is 0 Å². The van der Waals surface area contributed by atoms with Gasteiger partial charge >= 0.3 is 0 Å². The highest BCUT2D eigenvalue weighted by molar-refractivity contribution is 7.98. The molecular weight excluding hydrogens is 270 g/mol. The van der Waals surface area contributed by atoms with Crippen molar-refractivity contribution in [3.63, 3.8) is 0 Å². The van der Waals surface area contributed by atoms with Crippen molar-refractivity contribution in [3.8, 4) is 0 Å². The number of pyridine rings is 1. The Morgan fingerprint density at radius 3 is 2.53 bits per heavy atom. The fourth-order valence-corrected chi connectivity index (χ4v) is 1.96. The van der Waals surface area contributed by atoms with Gasteiger partial charge in [0.25, 0.3) is 5.91 Å². The maximum atomic E-state index is 12.9. The van der Waals surface area contributed by atoms with Crippen LogP contribution in [-0.4, -0.2) is 17.1 Å². The highest BCUT2D eigenvalue weighted by Crippen LogP contribution is 2.19. The molecule has 3 nitrogen and oxygen atoms in total. The summed E-state index contributed by atoms with van der Waals surface area (Å²) in [6, 6.07) is 8.93. The van der Waals surface area contributed by atoms with E-state index in [1.807, 2.05) is 12.3 Å². The number of rotatable bonds is 3. The zero-order valence-corrected chi connectivity index (χ0v) is 10.8. The Bertz CT molecular complexity index is 599. The summed E-state index contributed by atoms with van der Waals surface area (Å²) in [5.41, 5.74) is 0.453. The molecule has 0 radical (unpaired) electrons. The molecule has 1 aromatic carbocycles. The van der Waals surface area contributed by atoms with E-state index >= 15 is 0 Å². The smallest absolute Gasteiger partial charge is 0.255 e. The van der Waals surface area contributed by atoms with Crippen LogP contribution in [-0.2, 0) is 0 Å². The molecule has 19 heavy (non-hydrogen) atoms. The topological polar surface area (TPSA) is 42.0 Å². The molecule has 0 unspecified atom stereocenters. The number of hydrogen-bond donors (Lipinski definition) is 1. The van der Waals surface area contributed by atoms with Gasteiger partial charge in [-0.05, 0) is 24.5 Å². The summed E-state index contributed by atoms with van der Waals surface area (Å²) in [6.07, 6.45) is 1.91. The fourth-order valence-electron chi connectivity index (χ4n) is 1.50. The van der Waals surface area contributed by atoms with Crippen molar-refractivity contribution in [2.24, 2.45) is 0 Å². The van der Waals surface area contributed by atoms with Gasteiger partial charge in [0, 0.05) is 28.3 Å². The fraction of sp³-hybridized carbons (Fsp3) is 0.0769. The van der Waals surface area contributed by atoms with Crippen LogP contribution in [0.3, 0.4) is 0 Å². The van der Waals surface area contributed by atoms with E-state index in [-0.39, 0.29) is 5.56 Å². The molecule has 2 rings (SSSR count). The summed E-state index contributed by atoms with van der Waals surface area (Å²) in [4.78, 5) is 15.8. The minimum atomic E-state index is -1.02. The van der Waals surface area contributed by atoms with Crippen LogP contribution in [0.15, 0.2) is 41.3 Å². The standard InChI is InChI=1S/C13H10F2N2OS/c1-19-10-4-2-3-9(7-10)16-13(18)8-5-11(14)17-12(15)6-8/h2-7H,1H3,(H,16,18). The van der Waals surface area contributed by atoms with Gasteiger partial charge in [0.15, 0.2) is 0 Å². The van der Waals surface area contributed by atoms with Crippen LogP contribution in [0.5, 0.6) is 0 Å². The van der Waals surface area contributed by atoms with Crippen molar-refractivity contribution in [2.45, 2.75) is 4.90 Å². The lowest BCUT2D eigenvalue weighted by molar-refractivity contribution is 0.102. The van der Waals surface area contributed by atoms with E-state index in [0.29, 0.717) is 5.69 Å². The Morgan fingerprint density at radius 1 is 1.21 bits per heavy atom. The molecule has 0 saturated heterocycles. The molecule has 1 heterocycles. The van der Waals surface area contributed by atoms with E-state index in [1.165, 1.54) is 11.8 Å². The van der Waals surface area contributed by atoms with Gasteiger partial charge in [0.05, 0.1) is 0 Å². The van der Waals surface area contributed by atoms with Crippen molar-refractivity contribution in [2.75, 3.05) is 11.6 Å². The molecule has 1 N–H and O–H groups in total. The first-order valence-electron chi connectivity index (χ1n) is 5.37. The number of carbonyl (C=O) groups excluding carboxylic acids is 1. The molecule has 98 valence electrons. The van der Waals surface area contributed by atoms with E-state index in [2.05, 4.69) is 10.3 Å². The number of benzene rings is 1. The third kappa shape index (κ3) is 3.51. The first kappa shape index (κ1) is 13.5. The van der Waals surface area contributed by atoms with Crippen molar-refractivity contribution in [1.82, 2.24) is 4.98 Å². The van der Waals surface area contributed by atoms with Crippen LogP contribution in [0.25, 0.3) is 0 Å². The van der Waals surface area contributed by atoms with E-state index in [4.69, 9.17) is 0 Å². The predicted octanol–water partition coefficient (Wildman–Crippen LogP) is 3.33. The zero-order valence-electron chi connectivity index (χ0n) is 9.98. The summed E-state index contributed by atoms with van der Waals surface area (Å²) in [7, 11) is 0. The van der Waals surface area contributed by atoms with Crippen LogP contribution in [0.4, 0.5) is 14.5 Å². The first-order valence-corrected chi connectivity index (χ1v) is 6.59. The van der Waals surface area contributed by atoms with Crippen molar-refractivity contribution < 1.29 is 13.6 Å². The van der Waals surface area contributed by atoms with Gasteiger partial charge in [-0.15, -0.1) is 11.8 Å². The molecule has 0 fully saturated rings. The van der Waals surface area contributed by atoms with E-state index in [9.17, 15) is 13.6 Å². The summed E-state index contributed by atoms with van der Waals surface area (Å²) >= 11 is 1.53. The lowest BCUT2D eigenvalue weighted by Gasteiger charge is -2.06. The number of halogens is 2. The van der Waals surface area contributed by atoms with Gasteiger partial charge in [-0.2, -0.15) is 13.8 Å². The molecule has 0 saturated carbocycles. The first-order chi connectivity index (χ1) is 9.08. The molecule has 1 aromatic heterocycles. The predicted molar refractivity (Wildman–Crippen MR) is 70.3 cm³/mol. The Hall–Kier alpha value is -1.95. The molecular formula is C13H10F2N2OS. The van der Waals surface area contributed by atoms with E-state index in [0.717, 1.165) is 17.0 Å². The molecule has 0 aliphatic heterocycles. The minimum Gasteiger partial charge on any atom is -0.322 e. The van der Waals surface area contributed by atoms with Gasteiger partial charge in [-0.1, -0.05) is 6.07 Å². The summed E-state index contributed by atoms with van der Waals surface area (Å²) in [5, 5.41) is 2.57. The second-order valence-electron chi connectivity index (χ2n) is 3.69. The minimum absolute atomic E-state index is 0.112. The van der Waals surface area contributed by atoms with Crippen molar-refractivity contribution >= 4 is 23.4 Å². The number of nitrogens with zero attached hydrogens (tertiary/aromatic N) is 1. The molecule has 0 bridgehead atoms. The Morgan fingerprint density at radius 2 is 1.89 bits per heavy atom. The number of anilines is 1. The van der Waals surface area contributed by atoms with Gasteiger partial charge < -0.3 is 5.32 Å². The third-order valence-electron chi connectivity index (χ3n) is 2.35. The number of hydrogen-bond acceptors (Lipinski definition) is 3. The lowest BCUT2D eigenvalue weighted by Crippen LogP contribution is -2.13. The quantitative estimate of drug-likeness (QED) is 0.692. The maximum Gasteiger partial charge on any atom is 0.255 e. The van der Waals surface area contributed by atoms with Crippen molar-refractivity contribution in [3.05, 3.63) is 53.9 Å². The zero-order chi connectivity index (χ0) is 13.8. The van der Waals surface area contributed by atoms with Gasteiger partial charge in [-0.3, -0.25) is 4.79 Å². The Labute approximate surface area is 113 Å². The summed E-state index contributed by atoms with van der Waals surface area (Å²) in [5.74, 6) is -2.63. The summed E-state index contributed by atoms with van der Waals surface area (Å²) < 4.78 is 25.8. The molecule has 1 amide bonds. The van der Waals surface area contributed by atoms with E-state index in [1.54, 1.807) is 18.2 Å². The Kier molecular flexibility index (Phi) is 4.11. The molecule has 0 aliphatic carbocycles. The van der Waals surface area contributed by atoms with Crippen LogP contribution < -0.4 is 5.32 Å². The lowest BCUT2D eigenvalue weighted by atomic mass is 10.2. The number of carbonyl (C=O) groups is 1. The largest absolute Gasteiger partial charge is 0.322 e. The molecule has 2 aromatic rings. The number of amides is 1. The highest BCUT2D eigenvalue weighted by atomic mass is 32.2. The molecule has 0 aliphatic rings. The number of nitrogens with one attached hydrogen (secondary N) is 1. The molecule has 0 atom stereocenters. The van der Waals surface area contributed by atoms with Gasteiger partial charge in [0.2, 0.25) is 11.9 Å². The van der Waals surface area contributed by atoms with Gasteiger partial charge in [0.1, 0.15) is 0 Å². The number of aromatic nitrogens is 1. The number of thioether (sulfide) groups is 1. The second-order valence-corrected chi connectivity index (χ2v) is 4.57. The molecule has 0 spiro atoms. The Balaban J connectivity index is 2.20. The van der Waals surface area contributed by atoms with Crippen LogP contribution in [0.2, 0.25) is 0 Å². The monoisotopic (exact) mass is 280 g/mol. The average molecular weight is 280 g/mol. The third-order valence-corrected chi connectivity index (χ3v) is 3.08. The maximum absolute atomic E-state index is 12.9. The molecule has 6 heteroatoms. The second kappa shape index (κ2) is 5.79. The average Bonchev–Trinajstić information content (AvgIpc) is 2.37. The highest BCUT2D eigenvalue weighted by Gasteiger charge is 2.10. The summed E-state index contributed by atoms with van der Waals surface area (Å²) in [6.45, 7) is 0. The van der Waals surface area contributed by atoms with Crippen LogP contribution in [0.1, 0.15) is 10.4 Å². The van der Waals surface area contributed by atoms with Crippen LogP contribution in [0, 0.1) is 11.9 Å². The SMILES string of the molecule is CSc1cccc(NC(=O)c2cc(F)nc(F)c2)c1. The van der Waals surface area contributed by atoms with E-state index < -0.39 is 17.8 Å². The van der Waals surface area contributed by atoms with Crippen LogP contribution >= 0.6 is 11.8 Å².